The molecule has 1 N–H and O–H groups in total. The van der Waals surface area contributed by atoms with E-state index in [-0.39, 0.29) is 24.8 Å². The average molecular weight is 331 g/mol. The van der Waals surface area contributed by atoms with Crippen LogP contribution in [0.1, 0.15) is 36.1 Å². The van der Waals surface area contributed by atoms with Crippen LogP contribution in [0.5, 0.6) is 0 Å². The maximum absolute atomic E-state index is 4.12. The number of aryl methyl sites for hydroxylation is 2. The van der Waals surface area contributed by atoms with Gasteiger partial charge in [-0.1, -0.05) is 34.9 Å². The molecule has 0 amide bonds. The molecule has 0 spiro atoms. The SMILES string of the molecule is C=C(C)C[C@H](c1cc(C)cc(C)c1)N1CCNCC1.Cl.Cl. The van der Waals surface area contributed by atoms with E-state index in [1.54, 1.807) is 0 Å². The Labute approximate surface area is 141 Å². The van der Waals surface area contributed by atoms with Gasteiger partial charge in [0.25, 0.3) is 0 Å². The molecule has 1 aromatic rings. The molecule has 1 aliphatic heterocycles. The highest BCUT2D eigenvalue weighted by Crippen LogP contribution is 2.28. The van der Waals surface area contributed by atoms with Gasteiger partial charge in [-0.05, 0) is 32.8 Å². The molecule has 2 rings (SSSR count). The van der Waals surface area contributed by atoms with Crippen molar-refractivity contribution in [2.75, 3.05) is 26.2 Å². The number of halogens is 2. The van der Waals surface area contributed by atoms with Crippen molar-refractivity contribution in [3.05, 3.63) is 47.0 Å². The third-order valence-corrected chi connectivity index (χ3v) is 3.76. The zero-order valence-corrected chi connectivity index (χ0v) is 14.9. The minimum Gasteiger partial charge on any atom is -0.314 e. The van der Waals surface area contributed by atoms with Gasteiger partial charge in [0.2, 0.25) is 0 Å². The molecule has 0 saturated carbocycles. The van der Waals surface area contributed by atoms with Gasteiger partial charge in [-0.25, -0.2) is 0 Å². The molecular weight excluding hydrogens is 303 g/mol. The molecule has 1 saturated heterocycles. The van der Waals surface area contributed by atoms with E-state index in [1.165, 1.54) is 22.3 Å². The van der Waals surface area contributed by atoms with E-state index in [1.807, 2.05) is 0 Å². The molecule has 21 heavy (non-hydrogen) atoms. The van der Waals surface area contributed by atoms with Crippen LogP contribution in [0, 0.1) is 13.8 Å². The predicted octanol–water partition coefficient (Wildman–Crippen LogP) is 4.06. The summed E-state index contributed by atoms with van der Waals surface area (Å²) in [7, 11) is 0. The lowest BCUT2D eigenvalue weighted by Gasteiger charge is -2.35. The Hall–Kier alpha value is -0.540. The van der Waals surface area contributed by atoms with Crippen molar-refractivity contribution in [2.45, 2.75) is 33.2 Å². The molecular formula is C17H28Cl2N2. The van der Waals surface area contributed by atoms with Crippen LogP contribution >= 0.6 is 24.8 Å². The summed E-state index contributed by atoms with van der Waals surface area (Å²) in [4.78, 5) is 2.60. The maximum Gasteiger partial charge on any atom is 0.0386 e. The molecule has 0 aliphatic carbocycles. The number of hydrogen-bond acceptors (Lipinski definition) is 2. The summed E-state index contributed by atoms with van der Waals surface area (Å²) >= 11 is 0. The average Bonchev–Trinajstić information content (AvgIpc) is 2.35. The third kappa shape index (κ3) is 5.99. The molecule has 0 bridgehead atoms. The van der Waals surface area contributed by atoms with Crippen molar-refractivity contribution in [3.8, 4) is 0 Å². The summed E-state index contributed by atoms with van der Waals surface area (Å²) < 4.78 is 0. The molecule has 4 heteroatoms. The van der Waals surface area contributed by atoms with Gasteiger partial charge in [-0.2, -0.15) is 0 Å². The summed E-state index contributed by atoms with van der Waals surface area (Å²) in [5, 5.41) is 3.43. The van der Waals surface area contributed by atoms with E-state index in [2.05, 4.69) is 55.8 Å². The highest BCUT2D eigenvalue weighted by molar-refractivity contribution is 5.85. The van der Waals surface area contributed by atoms with Crippen molar-refractivity contribution in [1.82, 2.24) is 10.2 Å². The Bertz CT molecular complexity index is 434. The number of rotatable bonds is 4. The fraction of sp³-hybridized carbons (Fsp3) is 0.529. The Morgan fingerprint density at radius 2 is 1.67 bits per heavy atom. The fourth-order valence-corrected chi connectivity index (χ4v) is 2.98. The predicted molar refractivity (Wildman–Crippen MR) is 97.0 cm³/mol. The van der Waals surface area contributed by atoms with Crippen LogP contribution in [-0.2, 0) is 0 Å². The molecule has 0 radical (unpaired) electrons. The van der Waals surface area contributed by atoms with Gasteiger partial charge < -0.3 is 5.32 Å². The van der Waals surface area contributed by atoms with Crippen molar-refractivity contribution in [1.29, 1.82) is 0 Å². The first-order chi connectivity index (χ1) is 9.06. The number of benzene rings is 1. The van der Waals surface area contributed by atoms with E-state index in [9.17, 15) is 0 Å². The zero-order valence-electron chi connectivity index (χ0n) is 13.3. The van der Waals surface area contributed by atoms with Crippen molar-refractivity contribution in [3.63, 3.8) is 0 Å². The van der Waals surface area contributed by atoms with Crippen molar-refractivity contribution < 1.29 is 0 Å². The van der Waals surface area contributed by atoms with Crippen LogP contribution in [0.25, 0.3) is 0 Å². The number of nitrogens with one attached hydrogen (secondary N) is 1. The highest BCUT2D eigenvalue weighted by Gasteiger charge is 2.22. The van der Waals surface area contributed by atoms with Crippen LogP contribution in [-0.4, -0.2) is 31.1 Å². The molecule has 1 heterocycles. The Morgan fingerprint density at radius 3 is 2.14 bits per heavy atom. The largest absolute Gasteiger partial charge is 0.314 e. The van der Waals surface area contributed by atoms with Crippen LogP contribution in [0.4, 0.5) is 0 Å². The highest BCUT2D eigenvalue weighted by atomic mass is 35.5. The van der Waals surface area contributed by atoms with Gasteiger partial charge in [0.05, 0.1) is 0 Å². The fourth-order valence-electron chi connectivity index (χ4n) is 2.98. The standard InChI is InChI=1S/C17H26N2.2ClH/c1-13(2)9-17(19-7-5-18-6-8-19)16-11-14(3)10-15(4)12-16;;/h10-12,17-18H,1,5-9H2,2-4H3;2*1H/t17-;;/m1../s1. The summed E-state index contributed by atoms with van der Waals surface area (Å²) in [6, 6.07) is 7.41. The minimum absolute atomic E-state index is 0. The quantitative estimate of drug-likeness (QED) is 0.837. The summed E-state index contributed by atoms with van der Waals surface area (Å²) in [5.74, 6) is 0. The topological polar surface area (TPSA) is 15.3 Å². The van der Waals surface area contributed by atoms with E-state index in [0.717, 1.165) is 32.6 Å². The Balaban J connectivity index is 0.00000200. The van der Waals surface area contributed by atoms with Gasteiger partial charge in [0, 0.05) is 32.2 Å². The number of hydrogen-bond donors (Lipinski definition) is 1. The molecule has 1 atom stereocenters. The minimum atomic E-state index is 0. The third-order valence-electron chi connectivity index (χ3n) is 3.76. The normalized spacial score (nSPS) is 16.5. The number of nitrogens with zero attached hydrogens (tertiary/aromatic N) is 1. The second-order valence-corrected chi connectivity index (χ2v) is 5.88. The summed E-state index contributed by atoms with van der Waals surface area (Å²) in [6.45, 7) is 15.1. The number of piperazine rings is 1. The van der Waals surface area contributed by atoms with E-state index in [0.29, 0.717) is 6.04 Å². The molecule has 0 aromatic heterocycles. The Kier molecular flexibility index (Phi) is 9.23. The van der Waals surface area contributed by atoms with Gasteiger partial charge in [0.1, 0.15) is 0 Å². The van der Waals surface area contributed by atoms with Crippen molar-refractivity contribution in [2.24, 2.45) is 0 Å². The molecule has 1 aromatic carbocycles. The van der Waals surface area contributed by atoms with Gasteiger partial charge >= 0.3 is 0 Å². The second kappa shape index (κ2) is 9.47. The molecule has 2 nitrogen and oxygen atoms in total. The van der Waals surface area contributed by atoms with Crippen molar-refractivity contribution >= 4 is 24.8 Å². The summed E-state index contributed by atoms with van der Waals surface area (Å²) in [5.41, 5.74) is 5.43. The smallest absolute Gasteiger partial charge is 0.0386 e. The maximum atomic E-state index is 4.12. The lowest BCUT2D eigenvalue weighted by Crippen LogP contribution is -2.45. The molecule has 1 fully saturated rings. The monoisotopic (exact) mass is 330 g/mol. The van der Waals surface area contributed by atoms with Gasteiger partial charge in [0.15, 0.2) is 0 Å². The van der Waals surface area contributed by atoms with Crippen LogP contribution in [0.15, 0.2) is 30.4 Å². The van der Waals surface area contributed by atoms with Gasteiger partial charge in [-0.15, -0.1) is 31.4 Å². The summed E-state index contributed by atoms with van der Waals surface area (Å²) in [6.07, 6.45) is 1.06. The lowest BCUT2D eigenvalue weighted by atomic mass is 9.95. The molecule has 1 aliphatic rings. The van der Waals surface area contributed by atoms with E-state index in [4.69, 9.17) is 0 Å². The first-order valence-corrected chi connectivity index (χ1v) is 7.23. The van der Waals surface area contributed by atoms with E-state index < -0.39 is 0 Å². The Morgan fingerprint density at radius 1 is 1.14 bits per heavy atom. The van der Waals surface area contributed by atoms with Crippen LogP contribution in [0.3, 0.4) is 0 Å². The first-order valence-electron chi connectivity index (χ1n) is 7.23. The zero-order chi connectivity index (χ0) is 13.8. The molecule has 0 unspecified atom stereocenters. The molecule has 120 valence electrons. The van der Waals surface area contributed by atoms with Gasteiger partial charge in [-0.3, -0.25) is 4.90 Å². The lowest BCUT2D eigenvalue weighted by molar-refractivity contribution is 0.172. The first kappa shape index (κ1) is 20.5. The second-order valence-electron chi connectivity index (χ2n) is 5.88. The van der Waals surface area contributed by atoms with E-state index >= 15 is 0 Å². The van der Waals surface area contributed by atoms with Crippen LogP contribution in [0.2, 0.25) is 0 Å². The van der Waals surface area contributed by atoms with Crippen LogP contribution < -0.4 is 5.32 Å².